The Labute approximate surface area is 124 Å². The molecule has 4 heteroatoms. The number of aliphatic hydroxyl groups is 1. The van der Waals surface area contributed by atoms with E-state index in [0.29, 0.717) is 12.8 Å². The van der Waals surface area contributed by atoms with Gasteiger partial charge in [0.15, 0.2) is 0 Å². The van der Waals surface area contributed by atoms with E-state index in [2.05, 4.69) is 12.2 Å². The van der Waals surface area contributed by atoms with Crippen LogP contribution in [0.1, 0.15) is 36.3 Å². The van der Waals surface area contributed by atoms with Crippen LogP contribution in [0.2, 0.25) is 0 Å². The molecule has 1 aromatic carbocycles. The molecule has 1 heterocycles. The number of aliphatic hydroxyl groups excluding tert-OH is 1. The summed E-state index contributed by atoms with van der Waals surface area (Å²) < 4.78 is 5.20. The van der Waals surface area contributed by atoms with E-state index in [1.165, 1.54) is 5.56 Å². The number of hydrogen-bond donors (Lipinski definition) is 2. The zero-order valence-corrected chi connectivity index (χ0v) is 12.2. The molecule has 4 nitrogen and oxygen atoms in total. The van der Waals surface area contributed by atoms with Gasteiger partial charge >= 0.3 is 0 Å². The fraction of sp³-hybridized carbons (Fsp3) is 0.353. The third-order valence-electron chi connectivity index (χ3n) is 3.49. The molecule has 0 fully saturated rings. The molecule has 2 N–H and O–H groups in total. The average molecular weight is 287 g/mol. The molecule has 1 unspecified atom stereocenters. The highest BCUT2D eigenvalue weighted by molar-refractivity contribution is 5.76. The Kier molecular flexibility index (Phi) is 5.58. The van der Waals surface area contributed by atoms with Gasteiger partial charge in [0.2, 0.25) is 5.91 Å². The predicted octanol–water partition coefficient (Wildman–Crippen LogP) is 2.62. The van der Waals surface area contributed by atoms with Gasteiger partial charge in [0.25, 0.3) is 0 Å². The minimum Gasteiger partial charge on any atom is -0.469 e. The van der Waals surface area contributed by atoms with Crippen LogP contribution in [-0.4, -0.2) is 17.6 Å². The van der Waals surface area contributed by atoms with Gasteiger partial charge < -0.3 is 14.8 Å². The molecule has 0 aliphatic carbocycles. The summed E-state index contributed by atoms with van der Waals surface area (Å²) in [5.74, 6) is 0.697. The smallest absolute Gasteiger partial charge is 0.221 e. The lowest BCUT2D eigenvalue weighted by molar-refractivity contribution is -0.122. The van der Waals surface area contributed by atoms with Gasteiger partial charge in [-0.2, -0.15) is 0 Å². The molecule has 1 amide bonds. The van der Waals surface area contributed by atoms with Crippen molar-refractivity contribution < 1.29 is 14.3 Å². The second-order valence-electron chi connectivity index (χ2n) is 4.98. The summed E-state index contributed by atoms with van der Waals surface area (Å²) in [4.78, 5) is 11.9. The first-order chi connectivity index (χ1) is 10.2. The van der Waals surface area contributed by atoms with Gasteiger partial charge in [-0.3, -0.25) is 4.79 Å². The maximum Gasteiger partial charge on any atom is 0.221 e. The SMILES string of the molecule is CCc1ccc(C(CO)NC(=O)CCc2ccco2)cc1. The molecule has 0 saturated carbocycles. The largest absolute Gasteiger partial charge is 0.469 e. The van der Waals surface area contributed by atoms with Gasteiger partial charge in [-0.15, -0.1) is 0 Å². The maximum atomic E-state index is 11.9. The van der Waals surface area contributed by atoms with Crippen molar-refractivity contribution in [3.8, 4) is 0 Å². The van der Waals surface area contributed by atoms with Gasteiger partial charge in [0.05, 0.1) is 18.9 Å². The molecule has 2 rings (SSSR count). The molecule has 0 bridgehead atoms. The van der Waals surface area contributed by atoms with Gasteiger partial charge in [0.1, 0.15) is 5.76 Å². The summed E-state index contributed by atoms with van der Waals surface area (Å²) >= 11 is 0. The molecule has 112 valence electrons. The van der Waals surface area contributed by atoms with Crippen LogP contribution in [0.25, 0.3) is 0 Å². The van der Waals surface area contributed by atoms with Crippen LogP contribution >= 0.6 is 0 Å². The summed E-state index contributed by atoms with van der Waals surface area (Å²) in [6.07, 6.45) is 3.47. The van der Waals surface area contributed by atoms with Crippen molar-refractivity contribution in [2.75, 3.05) is 6.61 Å². The molecule has 0 radical (unpaired) electrons. The van der Waals surface area contributed by atoms with Crippen molar-refractivity contribution in [2.45, 2.75) is 32.2 Å². The van der Waals surface area contributed by atoms with Crippen LogP contribution in [0.15, 0.2) is 47.1 Å². The molecule has 0 aliphatic rings. The summed E-state index contributed by atoms with van der Waals surface area (Å²) in [6.45, 7) is 1.98. The van der Waals surface area contributed by atoms with E-state index < -0.39 is 0 Å². The lowest BCUT2D eigenvalue weighted by Crippen LogP contribution is -2.30. The first kappa shape index (κ1) is 15.3. The van der Waals surface area contributed by atoms with Crippen LogP contribution < -0.4 is 5.32 Å². The van der Waals surface area contributed by atoms with Gasteiger partial charge in [-0.05, 0) is 29.7 Å². The van der Waals surface area contributed by atoms with E-state index in [9.17, 15) is 9.90 Å². The van der Waals surface area contributed by atoms with Crippen LogP contribution in [0.5, 0.6) is 0 Å². The molecule has 21 heavy (non-hydrogen) atoms. The predicted molar refractivity (Wildman–Crippen MR) is 80.8 cm³/mol. The van der Waals surface area contributed by atoms with E-state index in [4.69, 9.17) is 4.42 Å². The zero-order chi connectivity index (χ0) is 15.1. The fourth-order valence-electron chi connectivity index (χ4n) is 2.18. The molecule has 0 saturated heterocycles. The highest BCUT2D eigenvalue weighted by Crippen LogP contribution is 2.14. The first-order valence-corrected chi connectivity index (χ1v) is 7.24. The maximum absolute atomic E-state index is 11.9. The standard InChI is InChI=1S/C17H21NO3/c1-2-13-5-7-14(8-6-13)16(12-19)18-17(20)10-9-15-4-3-11-21-15/h3-8,11,16,19H,2,9-10,12H2,1H3,(H,18,20). The van der Waals surface area contributed by atoms with Crippen LogP contribution in [0.3, 0.4) is 0 Å². The first-order valence-electron chi connectivity index (χ1n) is 7.24. The number of benzene rings is 1. The van der Waals surface area contributed by atoms with Crippen LogP contribution in [0, 0.1) is 0 Å². The number of nitrogens with one attached hydrogen (secondary N) is 1. The fourth-order valence-corrected chi connectivity index (χ4v) is 2.18. The molecule has 0 spiro atoms. The van der Waals surface area contributed by atoms with Gasteiger partial charge in [-0.1, -0.05) is 31.2 Å². The van der Waals surface area contributed by atoms with Crippen molar-refractivity contribution >= 4 is 5.91 Å². The van der Waals surface area contributed by atoms with Crippen LogP contribution in [-0.2, 0) is 17.6 Å². The lowest BCUT2D eigenvalue weighted by Gasteiger charge is -2.17. The summed E-state index contributed by atoms with van der Waals surface area (Å²) in [5, 5.41) is 12.3. The number of aryl methyl sites for hydroxylation is 2. The topological polar surface area (TPSA) is 62.5 Å². The van der Waals surface area contributed by atoms with Crippen molar-refractivity contribution in [3.05, 3.63) is 59.5 Å². The number of carbonyl (C=O) groups excluding carboxylic acids is 1. The minimum atomic E-state index is -0.361. The second-order valence-corrected chi connectivity index (χ2v) is 4.98. The van der Waals surface area contributed by atoms with Crippen molar-refractivity contribution in [1.29, 1.82) is 0 Å². The average Bonchev–Trinajstić information content (AvgIpc) is 3.04. The van der Waals surface area contributed by atoms with Crippen LogP contribution in [0.4, 0.5) is 0 Å². The molecule has 1 atom stereocenters. The third kappa shape index (κ3) is 4.46. The highest BCUT2D eigenvalue weighted by atomic mass is 16.3. The van der Waals surface area contributed by atoms with Gasteiger partial charge in [-0.25, -0.2) is 0 Å². The summed E-state index contributed by atoms with van der Waals surface area (Å²) in [5.41, 5.74) is 2.15. The Bertz CT molecular complexity index is 546. The zero-order valence-electron chi connectivity index (χ0n) is 12.2. The lowest BCUT2D eigenvalue weighted by atomic mass is 10.0. The van der Waals surface area contributed by atoms with Gasteiger partial charge in [0, 0.05) is 12.8 Å². The molecule has 1 aromatic heterocycles. The normalized spacial score (nSPS) is 12.1. The third-order valence-corrected chi connectivity index (χ3v) is 3.49. The number of amides is 1. The summed E-state index contributed by atoms with van der Waals surface area (Å²) in [6, 6.07) is 11.2. The van der Waals surface area contributed by atoms with Crippen molar-refractivity contribution in [3.63, 3.8) is 0 Å². The second kappa shape index (κ2) is 7.64. The van der Waals surface area contributed by atoms with Crippen molar-refractivity contribution in [1.82, 2.24) is 5.32 Å². The van der Waals surface area contributed by atoms with E-state index >= 15 is 0 Å². The number of hydrogen-bond acceptors (Lipinski definition) is 3. The minimum absolute atomic E-state index is 0.0926. The number of rotatable bonds is 7. The molecular weight excluding hydrogens is 266 g/mol. The highest BCUT2D eigenvalue weighted by Gasteiger charge is 2.13. The number of carbonyl (C=O) groups is 1. The molecular formula is C17H21NO3. The van der Waals surface area contributed by atoms with E-state index in [1.54, 1.807) is 12.3 Å². The Morgan fingerprint density at radius 2 is 2.05 bits per heavy atom. The van der Waals surface area contributed by atoms with E-state index in [0.717, 1.165) is 17.7 Å². The molecule has 0 aliphatic heterocycles. The Morgan fingerprint density at radius 3 is 2.62 bits per heavy atom. The Morgan fingerprint density at radius 1 is 1.29 bits per heavy atom. The van der Waals surface area contributed by atoms with E-state index in [1.807, 2.05) is 30.3 Å². The number of furan rings is 1. The monoisotopic (exact) mass is 287 g/mol. The quantitative estimate of drug-likeness (QED) is 0.823. The Balaban J connectivity index is 1.89. The summed E-state index contributed by atoms with van der Waals surface area (Å²) in [7, 11) is 0. The Hall–Kier alpha value is -2.07. The van der Waals surface area contributed by atoms with Crippen molar-refractivity contribution in [2.24, 2.45) is 0 Å². The van der Waals surface area contributed by atoms with E-state index in [-0.39, 0.29) is 18.6 Å². The molecule has 2 aromatic rings.